The van der Waals surface area contributed by atoms with Crippen LogP contribution in [0.5, 0.6) is 5.75 Å². The van der Waals surface area contributed by atoms with E-state index in [9.17, 15) is 10.1 Å². The normalized spacial score (nSPS) is 9.25. The zero-order valence-electron chi connectivity index (χ0n) is 8.14. The van der Waals surface area contributed by atoms with Crippen molar-refractivity contribution in [1.29, 1.82) is 5.26 Å². The van der Waals surface area contributed by atoms with Gasteiger partial charge in [-0.05, 0) is 12.1 Å². The molecule has 0 amide bonds. The molecule has 0 aliphatic carbocycles. The Morgan fingerprint density at radius 2 is 2.38 bits per heavy atom. The van der Waals surface area contributed by atoms with Crippen molar-refractivity contribution in [2.75, 3.05) is 6.61 Å². The largest absolute Gasteiger partial charge is 0.482 e. The lowest BCUT2D eigenvalue weighted by Gasteiger charge is -2.06. The third kappa shape index (κ3) is 2.30. The van der Waals surface area contributed by atoms with Gasteiger partial charge in [-0.25, -0.2) is 0 Å². The summed E-state index contributed by atoms with van der Waals surface area (Å²) in [6.45, 7) is 3.50. The first-order valence-electron chi connectivity index (χ1n) is 4.22. The Morgan fingerprint density at radius 3 is 2.88 bits per heavy atom. The first kappa shape index (κ1) is 12.0. The Bertz CT molecular complexity index is 480. The van der Waals surface area contributed by atoms with E-state index in [0.717, 1.165) is 0 Å². The van der Waals surface area contributed by atoms with Gasteiger partial charge in [0, 0.05) is 0 Å². The van der Waals surface area contributed by atoms with E-state index < -0.39 is 10.6 Å². The predicted octanol–water partition coefficient (Wildman–Crippen LogP) is 2.68. The van der Waals surface area contributed by atoms with Crippen molar-refractivity contribution >= 4 is 17.3 Å². The van der Waals surface area contributed by atoms with Crippen LogP contribution in [-0.2, 0) is 0 Å². The first-order valence-corrected chi connectivity index (χ1v) is 4.60. The van der Waals surface area contributed by atoms with E-state index in [1.54, 1.807) is 6.07 Å². The molecule has 0 radical (unpaired) electrons. The Labute approximate surface area is 96.7 Å². The molecule has 0 aliphatic heterocycles. The summed E-state index contributed by atoms with van der Waals surface area (Å²) in [7, 11) is 0. The number of nitrogens with zero attached hydrogens (tertiary/aromatic N) is 2. The Balaban J connectivity index is 3.36. The predicted molar refractivity (Wildman–Crippen MR) is 58.5 cm³/mol. The maximum atomic E-state index is 10.8. The summed E-state index contributed by atoms with van der Waals surface area (Å²) < 4.78 is 5.08. The van der Waals surface area contributed by atoms with Crippen LogP contribution in [0.3, 0.4) is 0 Å². The second-order valence-electron chi connectivity index (χ2n) is 2.74. The highest BCUT2D eigenvalue weighted by molar-refractivity contribution is 6.32. The summed E-state index contributed by atoms with van der Waals surface area (Å²) in [5, 5.41) is 19.6. The van der Waals surface area contributed by atoms with Crippen molar-refractivity contribution in [2.24, 2.45) is 0 Å². The van der Waals surface area contributed by atoms with E-state index in [-0.39, 0.29) is 22.9 Å². The lowest BCUT2D eigenvalue weighted by Crippen LogP contribution is -2.01. The van der Waals surface area contributed by atoms with Gasteiger partial charge in [-0.3, -0.25) is 10.1 Å². The van der Waals surface area contributed by atoms with Crippen LogP contribution in [0.2, 0.25) is 5.02 Å². The number of hydrogen-bond acceptors (Lipinski definition) is 4. The van der Waals surface area contributed by atoms with Gasteiger partial charge in [0.15, 0.2) is 0 Å². The highest BCUT2D eigenvalue weighted by atomic mass is 35.5. The Morgan fingerprint density at radius 1 is 1.69 bits per heavy atom. The molecule has 82 valence electrons. The molecule has 0 fully saturated rings. The van der Waals surface area contributed by atoms with Gasteiger partial charge in [0.1, 0.15) is 18.2 Å². The molecular weight excluding hydrogens is 232 g/mol. The summed E-state index contributed by atoms with van der Waals surface area (Å²) in [5.41, 5.74) is -0.509. The number of nitro groups is 1. The number of nitro benzene ring substituents is 1. The number of benzene rings is 1. The molecule has 6 heteroatoms. The number of halogens is 1. The zero-order valence-corrected chi connectivity index (χ0v) is 8.90. The van der Waals surface area contributed by atoms with Crippen molar-refractivity contribution in [3.8, 4) is 11.8 Å². The standard InChI is InChI=1S/C10H7ClN2O3/c1-2-5-16-10-8(11)4-3-7(6-12)9(10)13(14)15/h2-4H,1,5H2. The number of rotatable bonds is 4. The molecule has 0 saturated heterocycles. The summed E-state index contributed by atoms with van der Waals surface area (Å²) in [6.07, 6.45) is 1.43. The number of ether oxygens (including phenoxy) is 1. The van der Waals surface area contributed by atoms with Crippen LogP contribution >= 0.6 is 11.6 Å². The topological polar surface area (TPSA) is 76.2 Å². The van der Waals surface area contributed by atoms with Crippen LogP contribution in [0.1, 0.15) is 5.56 Å². The molecule has 0 saturated carbocycles. The van der Waals surface area contributed by atoms with Gasteiger partial charge >= 0.3 is 5.69 Å². The summed E-state index contributed by atoms with van der Waals surface area (Å²) in [6, 6.07) is 4.37. The third-order valence-electron chi connectivity index (χ3n) is 1.73. The minimum absolute atomic E-state index is 0.0788. The van der Waals surface area contributed by atoms with E-state index in [1.807, 2.05) is 0 Å². The fourth-order valence-electron chi connectivity index (χ4n) is 1.10. The highest BCUT2D eigenvalue weighted by Crippen LogP contribution is 2.37. The smallest absolute Gasteiger partial charge is 0.330 e. The van der Waals surface area contributed by atoms with Crippen LogP contribution in [0.15, 0.2) is 24.8 Å². The van der Waals surface area contributed by atoms with Gasteiger partial charge in [-0.2, -0.15) is 5.26 Å². The van der Waals surface area contributed by atoms with Crippen molar-refractivity contribution in [3.63, 3.8) is 0 Å². The average Bonchev–Trinajstić information content (AvgIpc) is 2.26. The van der Waals surface area contributed by atoms with Gasteiger partial charge in [0.25, 0.3) is 0 Å². The molecule has 5 nitrogen and oxygen atoms in total. The molecule has 0 aromatic heterocycles. The summed E-state index contributed by atoms with van der Waals surface area (Å²) in [5.74, 6) is -0.106. The molecule has 16 heavy (non-hydrogen) atoms. The van der Waals surface area contributed by atoms with Crippen LogP contribution < -0.4 is 4.74 Å². The average molecular weight is 239 g/mol. The quantitative estimate of drug-likeness (QED) is 0.459. The lowest BCUT2D eigenvalue weighted by molar-refractivity contribution is -0.386. The molecule has 0 aliphatic rings. The van der Waals surface area contributed by atoms with Gasteiger partial charge in [-0.1, -0.05) is 24.3 Å². The van der Waals surface area contributed by atoms with Crippen molar-refractivity contribution < 1.29 is 9.66 Å². The minimum atomic E-state index is -0.692. The Hall–Kier alpha value is -2.06. The van der Waals surface area contributed by atoms with Crippen LogP contribution in [0, 0.1) is 21.4 Å². The number of nitriles is 1. The van der Waals surface area contributed by atoms with Gasteiger partial charge < -0.3 is 4.74 Å². The van der Waals surface area contributed by atoms with E-state index >= 15 is 0 Å². The van der Waals surface area contributed by atoms with E-state index in [4.69, 9.17) is 21.6 Å². The molecule has 0 atom stereocenters. The summed E-state index contributed by atoms with van der Waals surface area (Å²) >= 11 is 5.77. The van der Waals surface area contributed by atoms with Gasteiger partial charge in [0.2, 0.25) is 5.75 Å². The fourth-order valence-corrected chi connectivity index (χ4v) is 1.30. The van der Waals surface area contributed by atoms with Gasteiger partial charge in [-0.15, -0.1) is 0 Å². The molecule has 0 spiro atoms. The molecule has 0 heterocycles. The van der Waals surface area contributed by atoms with Crippen LogP contribution in [0.25, 0.3) is 0 Å². The zero-order chi connectivity index (χ0) is 12.1. The van der Waals surface area contributed by atoms with Crippen molar-refractivity contribution in [2.45, 2.75) is 0 Å². The molecular formula is C10H7ClN2O3. The molecule has 0 unspecified atom stereocenters. The second-order valence-corrected chi connectivity index (χ2v) is 3.15. The van der Waals surface area contributed by atoms with Gasteiger partial charge in [0.05, 0.1) is 9.95 Å². The molecule has 0 N–H and O–H groups in total. The maximum Gasteiger partial charge on any atom is 0.330 e. The van der Waals surface area contributed by atoms with Crippen LogP contribution in [-0.4, -0.2) is 11.5 Å². The Kier molecular flexibility index (Phi) is 3.86. The maximum absolute atomic E-state index is 10.8. The SMILES string of the molecule is C=CCOc1c(Cl)ccc(C#N)c1[N+](=O)[O-]. The van der Waals surface area contributed by atoms with E-state index in [2.05, 4.69) is 6.58 Å². The van der Waals surface area contributed by atoms with E-state index in [0.29, 0.717) is 0 Å². The lowest BCUT2D eigenvalue weighted by atomic mass is 10.2. The van der Waals surface area contributed by atoms with E-state index in [1.165, 1.54) is 18.2 Å². The minimum Gasteiger partial charge on any atom is -0.482 e. The molecule has 1 aromatic carbocycles. The monoisotopic (exact) mass is 238 g/mol. The van der Waals surface area contributed by atoms with Crippen molar-refractivity contribution in [3.05, 3.63) is 45.5 Å². The van der Waals surface area contributed by atoms with Crippen LogP contribution in [0.4, 0.5) is 5.69 Å². The van der Waals surface area contributed by atoms with Crippen molar-refractivity contribution in [1.82, 2.24) is 0 Å². The number of hydrogen-bond donors (Lipinski definition) is 0. The molecule has 0 bridgehead atoms. The third-order valence-corrected chi connectivity index (χ3v) is 2.03. The fraction of sp³-hybridized carbons (Fsp3) is 0.100. The summed E-state index contributed by atoms with van der Waals surface area (Å²) in [4.78, 5) is 10.1. The highest BCUT2D eigenvalue weighted by Gasteiger charge is 2.24. The molecule has 1 rings (SSSR count). The second kappa shape index (κ2) is 5.14. The molecule has 1 aromatic rings. The first-order chi connectivity index (χ1) is 7.61.